The molecule has 1 aliphatic heterocycles. The number of hydrogen-bond acceptors (Lipinski definition) is 4. The van der Waals surface area contributed by atoms with Gasteiger partial charge in [0.15, 0.2) is 11.3 Å². The van der Waals surface area contributed by atoms with E-state index in [4.69, 9.17) is 9.15 Å². The lowest BCUT2D eigenvalue weighted by molar-refractivity contribution is -0.140. The zero-order chi connectivity index (χ0) is 12.7. The molecule has 94 valence electrons. The Hall–Kier alpha value is -1.49. The van der Waals surface area contributed by atoms with Crippen LogP contribution >= 0.6 is 0 Å². The maximum atomic E-state index is 11.8. The number of hydrogen-bond donors (Lipinski definition) is 1. The van der Waals surface area contributed by atoms with Crippen LogP contribution < -0.4 is 0 Å². The van der Waals surface area contributed by atoms with Crippen LogP contribution in [0.15, 0.2) is 22.8 Å². The third kappa shape index (κ3) is 1.70. The maximum absolute atomic E-state index is 11.8. The van der Waals surface area contributed by atoms with Crippen molar-refractivity contribution >= 4 is 6.09 Å². The van der Waals surface area contributed by atoms with Gasteiger partial charge in [-0.3, -0.25) is 4.90 Å². The van der Waals surface area contributed by atoms with E-state index in [1.54, 1.807) is 26.0 Å². The lowest BCUT2D eigenvalue weighted by Gasteiger charge is -2.36. The molecule has 1 amide bonds. The number of furan rings is 1. The zero-order valence-electron chi connectivity index (χ0n) is 10.3. The van der Waals surface area contributed by atoms with Gasteiger partial charge in [-0.25, -0.2) is 4.79 Å². The van der Waals surface area contributed by atoms with Gasteiger partial charge in [-0.05, 0) is 32.4 Å². The van der Waals surface area contributed by atoms with Gasteiger partial charge in [0, 0.05) is 0 Å². The van der Waals surface area contributed by atoms with Crippen LogP contribution in [-0.4, -0.2) is 27.4 Å². The Morgan fingerprint density at radius 1 is 1.47 bits per heavy atom. The highest BCUT2D eigenvalue weighted by molar-refractivity contribution is 5.72. The number of carbonyl (C=O) groups is 1. The summed E-state index contributed by atoms with van der Waals surface area (Å²) in [5.74, 6) is 0.613. The molecule has 0 aliphatic carbocycles. The Labute approximate surface area is 100.0 Å². The van der Waals surface area contributed by atoms with Crippen LogP contribution in [0.4, 0.5) is 4.79 Å². The van der Waals surface area contributed by atoms with E-state index in [2.05, 4.69) is 0 Å². The smallest absolute Gasteiger partial charge is 0.413 e. The summed E-state index contributed by atoms with van der Waals surface area (Å²) < 4.78 is 10.4. The minimum atomic E-state index is -1.34. The molecule has 1 aliphatic rings. The molecule has 0 aromatic carbocycles. The van der Waals surface area contributed by atoms with Gasteiger partial charge < -0.3 is 14.3 Å². The number of nitrogens with zero attached hydrogens (tertiary/aromatic N) is 1. The summed E-state index contributed by atoms with van der Waals surface area (Å²) in [5.41, 5.74) is -2.23. The average molecular weight is 239 g/mol. The van der Waals surface area contributed by atoms with Crippen LogP contribution in [0.2, 0.25) is 0 Å². The van der Waals surface area contributed by atoms with Crippen molar-refractivity contribution in [3.63, 3.8) is 0 Å². The molecule has 1 aromatic heterocycles. The predicted octanol–water partition coefficient (Wildman–Crippen LogP) is 2.11. The first-order valence-electron chi connectivity index (χ1n) is 5.66. The van der Waals surface area contributed by atoms with Gasteiger partial charge in [0.25, 0.3) is 0 Å². The molecular formula is C12H17NO4. The fourth-order valence-electron chi connectivity index (χ4n) is 1.99. The highest BCUT2D eigenvalue weighted by Gasteiger charge is 2.58. The SMILES string of the molecule is CC[C@@]1(C)OC(=O)N(Cc2ccco2)[C@]1(C)O. The summed E-state index contributed by atoms with van der Waals surface area (Å²) >= 11 is 0. The Kier molecular flexibility index (Phi) is 2.66. The second kappa shape index (κ2) is 3.77. The summed E-state index contributed by atoms with van der Waals surface area (Å²) in [4.78, 5) is 13.1. The van der Waals surface area contributed by atoms with Crippen molar-refractivity contribution in [3.05, 3.63) is 24.2 Å². The zero-order valence-corrected chi connectivity index (χ0v) is 10.3. The van der Waals surface area contributed by atoms with Gasteiger partial charge in [0.2, 0.25) is 0 Å². The second-order valence-electron chi connectivity index (χ2n) is 4.64. The van der Waals surface area contributed by atoms with Crippen LogP contribution in [0.5, 0.6) is 0 Å². The Morgan fingerprint density at radius 2 is 2.18 bits per heavy atom. The number of ether oxygens (including phenoxy) is 1. The highest BCUT2D eigenvalue weighted by atomic mass is 16.6. The van der Waals surface area contributed by atoms with Crippen molar-refractivity contribution < 1.29 is 19.1 Å². The molecule has 17 heavy (non-hydrogen) atoms. The van der Waals surface area contributed by atoms with Crippen molar-refractivity contribution in [1.29, 1.82) is 0 Å². The quantitative estimate of drug-likeness (QED) is 0.877. The first-order valence-corrected chi connectivity index (χ1v) is 5.66. The molecule has 0 spiro atoms. The Balaban J connectivity index is 2.26. The molecule has 0 radical (unpaired) electrons. The van der Waals surface area contributed by atoms with Gasteiger partial charge in [0.05, 0.1) is 12.8 Å². The summed E-state index contributed by atoms with van der Waals surface area (Å²) in [6.07, 6.45) is 1.56. The molecule has 0 unspecified atom stereocenters. The van der Waals surface area contributed by atoms with Crippen LogP contribution in [0.3, 0.4) is 0 Å². The second-order valence-corrected chi connectivity index (χ2v) is 4.64. The molecule has 1 fully saturated rings. The first-order chi connectivity index (χ1) is 7.90. The average Bonchev–Trinajstić information content (AvgIpc) is 2.82. The summed E-state index contributed by atoms with van der Waals surface area (Å²) in [6, 6.07) is 3.50. The first kappa shape index (κ1) is 12.0. The normalized spacial score (nSPS) is 32.9. The molecule has 0 saturated carbocycles. The van der Waals surface area contributed by atoms with E-state index in [-0.39, 0.29) is 6.54 Å². The molecular weight excluding hydrogens is 222 g/mol. The van der Waals surface area contributed by atoms with Crippen LogP contribution in [-0.2, 0) is 11.3 Å². The molecule has 2 atom stereocenters. The predicted molar refractivity (Wildman–Crippen MR) is 60.1 cm³/mol. The molecule has 5 nitrogen and oxygen atoms in total. The van der Waals surface area contributed by atoms with Crippen molar-refractivity contribution in [2.45, 2.75) is 45.1 Å². The minimum Gasteiger partial charge on any atom is -0.467 e. The van der Waals surface area contributed by atoms with Crippen molar-refractivity contribution in [2.24, 2.45) is 0 Å². The summed E-state index contributed by atoms with van der Waals surface area (Å²) in [6.45, 7) is 5.39. The fourth-order valence-corrected chi connectivity index (χ4v) is 1.99. The van der Waals surface area contributed by atoms with E-state index in [0.29, 0.717) is 12.2 Å². The van der Waals surface area contributed by atoms with Gasteiger partial charge in [-0.1, -0.05) is 6.92 Å². The van der Waals surface area contributed by atoms with E-state index in [1.807, 2.05) is 6.92 Å². The van der Waals surface area contributed by atoms with Gasteiger partial charge >= 0.3 is 6.09 Å². The standard InChI is InChI=1S/C12H17NO4/c1-4-11(2)12(3,15)13(10(14)17-11)8-9-6-5-7-16-9/h5-7,15H,4,8H2,1-3H3/t11-,12-/m1/s1. The number of amides is 1. The molecule has 2 heterocycles. The lowest BCUT2D eigenvalue weighted by atomic mass is 9.91. The highest BCUT2D eigenvalue weighted by Crippen LogP contribution is 2.40. The molecule has 2 rings (SSSR count). The van der Waals surface area contributed by atoms with Gasteiger partial charge in [-0.15, -0.1) is 0 Å². The third-order valence-corrected chi connectivity index (χ3v) is 3.63. The molecule has 0 bridgehead atoms. The Bertz CT molecular complexity index is 412. The van der Waals surface area contributed by atoms with Gasteiger partial charge in [-0.2, -0.15) is 0 Å². The van der Waals surface area contributed by atoms with Crippen LogP contribution in [0.1, 0.15) is 33.0 Å². The minimum absolute atomic E-state index is 0.203. The topological polar surface area (TPSA) is 62.9 Å². The fraction of sp³-hybridized carbons (Fsp3) is 0.583. The number of rotatable bonds is 3. The molecule has 1 N–H and O–H groups in total. The van der Waals surface area contributed by atoms with Crippen LogP contribution in [0.25, 0.3) is 0 Å². The van der Waals surface area contributed by atoms with Crippen molar-refractivity contribution in [3.8, 4) is 0 Å². The number of cyclic esters (lactones) is 1. The summed E-state index contributed by atoms with van der Waals surface area (Å²) in [7, 11) is 0. The molecule has 1 saturated heterocycles. The number of carbonyl (C=O) groups excluding carboxylic acids is 1. The molecule has 1 aromatic rings. The monoisotopic (exact) mass is 239 g/mol. The lowest BCUT2D eigenvalue weighted by Crippen LogP contribution is -2.54. The van der Waals surface area contributed by atoms with E-state index >= 15 is 0 Å². The number of aliphatic hydroxyl groups is 1. The summed E-state index contributed by atoms with van der Waals surface area (Å²) in [5, 5.41) is 10.5. The van der Waals surface area contributed by atoms with E-state index in [9.17, 15) is 9.90 Å². The van der Waals surface area contributed by atoms with Crippen LogP contribution in [0, 0.1) is 0 Å². The van der Waals surface area contributed by atoms with Gasteiger partial charge in [0.1, 0.15) is 5.76 Å². The third-order valence-electron chi connectivity index (χ3n) is 3.63. The van der Waals surface area contributed by atoms with E-state index < -0.39 is 17.4 Å². The maximum Gasteiger partial charge on any atom is 0.413 e. The van der Waals surface area contributed by atoms with Crippen molar-refractivity contribution in [2.75, 3.05) is 0 Å². The van der Waals surface area contributed by atoms with E-state index in [1.165, 1.54) is 11.2 Å². The molecule has 5 heteroatoms. The largest absolute Gasteiger partial charge is 0.467 e. The Morgan fingerprint density at radius 3 is 2.65 bits per heavy atom. The van der Waals surface area contributed by atoms with E-state index in [0.717, 1.165) is 0 Å². The van der Waals surface area contributed by atoms with Crippen molar-refractivity contribution in [1.82, 2.24) is 4.90 Å².